The molecule has 0 bridgehead atoms. The normalized spacial score (nSPS) is 12.5. The van der Waals surface area contributed by atoms with Crippen LogP contribution in [0.25, 0.3) is 0 Å². The van der Waals surface area contributed by atoms with E-state index in [2.05, 4.69) is 15.0 Å². The number of nitro groups is 1. The van der Waals surface area contributed by atoms with Gasteiger partial charge in [0, 0.05) is 25.5 Å². The number of imidazole rings is 1. The van der Waals surface area contributed by atoms with Gasteiger partial charge in [-0.1, -0.05) is 30.3 Å². The fourth-order valence-corrected chi connectivity index (χ4v) is 3.57. The Kier molecular flexibility index (Phi) is 5.43. The molecule has 1 heterocycles. The van der Waals surface area contributed by atoms with Gasteiger partial charge in [0.15, 0.2) is 0 Å². The van der Waals surface area contributed by atoms with Gasteiger partial charge in [0.2, 0.25) is 10.0 Å². The number of rotatable bonds is 7. The second kappa shape index (κ2) is 7.79. The van der Waals surface area contributed by atoms with Crippen LogP contribution in [0.4, 0.5) is 11.4 Å². The monoisotopic (exact) mass is 401 g/mol. The molecule has 3 rings (SSSR count). The zero-order valence-electron chi connectivity index (χ0n) is 15.2. The van der Waals surface area contributed by atoms with E-state index in [0.29, 0.717) is 5.82 Å². The number of aryl methyl sites for hydroxylation is 1. The lowest BCUT2D eigenvalue weighted by Gasteiger charge is -2.20. The smallest absolute Gasteiger partial charge is 0.293 e. The number of aromatic nitrogens is 2. The highest BCUT2D eigenvalue weighted by Crippen LogP contribution is 2.32. The van der Waals surface area contributed by atoms with E-state index >= 15 is 0 Å². The number of hydrogen-bond donors (Lipinski definition) is 2. The molecule has 0 unspecified atom stereocenters. The zero-order valence-corrected chi connectivity index (χ0v) is 16.1. The molecule has 0 aliphatic carbocycles. The van der Waals surface area contributed by atoms with Gasteiger partial charge in [0.1, 0.15) is 17.6 Å². The van der Waals surface area contributed by atoms with Crippen LogP contribution in [-0.4, -0.2) is 29.9 Å². The minimum absolute atomic E-state index is 0.180. The highest BCUT2D eigenvalue weighted by atomic mass is 32.2. The van der Waals surface area contributed by atoms with Crippen LogP contribution < -0.4 is 10.0 Å². The Morgan fingerprint density at radius 3 is 2.46 bits per heavy atom. The highest BCUT2D eigenvalue weighted by Gasteiger charge is 2.25. The van der Waals surface area contributed by atoms with Crippen LogP contribution in [0.1, 0.15) is 17.4 Å². The molecule has 10 heteroatoms. The summed E-state index contributed by atoms with van der Waals surface area (Å²) in [5.41, 5.74) is 0.710. The van der Waals surface area contributed by atoms with E-state index in [9.17, 15) is 18.5 Å². The quantitative estimate of drug-likeness (QED) is 0.464. The van der Waals surface area contributed by atoms with Gasteiger partial charge in [0.05, 0.1) is 9.82 Å². The van der Waals surface area contributed by atoms with Crippen LogP contribution in [-0.2, 0) is 17.1 Å². The van der Waals surface area contributed by atoms with Crippen molar-refractivity contribution in [3.05, 3.63) is 82.4 Å². The molecular weight excluding hydrogens is 382 g/mol. The molecule has 1 aromatic heterocycles. The third kappa shape index (κ3) is 3.87. The summed E-state index contributed by atoms with van der Waals surface area (Å²) in [4.78, 5) is 15.2. The van der Waals surface area contributed by atoms with E-state index in [1.54, 1.807) is 12.4 Å². The first-order valence-corrected chi connectivity index (χ1v) is 9.82. The van der Waals surface area contributed by atoms with Crippen LogP contribution in [0.5, 0.6) is 0 Å². The van der Waals surface area contributed by atoms with E-state index in [1.807, 2.05) is 41.9 Å². The summed E-state index contributed by atoms with van der Waals surface area (Å²) in [6.45, 7) is 0. The maximum Gasteiger partial charge on any atom is 0.293 e. The lowest BCUT2D eigenvalue weighted by molar-refractivity contribution is -0.384. The number of benzene rings is 2. The third-order valence-corrected chi connectivity index (χ3v) is 5.71. The molecule has 3 aromatic rings. The van der Waals surface area contributed by atoms with Gasteiger partial charge in [-0.25, -0.2) is 18.1 Å². The van der Waals surface area contributed by atoms with E-state index < -0.39 is 21.0 Å². The minimum Gasteiger partial charge on any atom is -0.366 e. The predicted octanol–water partition coefficient (Wildman–Crippen LogP) is 2.44. The molecule has 2 N–H and O–H groups in total. The van der Waals surface area contributed by atoms with Crippen molar-refractivity contribution in [3.63, 3.8) is 0 Å². The number of nitrogens with zero attached hydrogens (tertiary/aromatic N) is 3. The fourth-order valence-electron chi connectivity index (χ4n) is 2.82. The molecule has 0 saturated heterocycles. The standard InChI is InChI=1S/C18H19N5O4S/c1-19-28(26,27)14-8-9-15(16(12-14)23(24)25)21-17(13-6-4-3-5-7-13)18-20-10-11-22(18)2/h3-12,17,19,21H,1-2H3/t17-/m0/s1. The molecule has 0 amide bonds. The summed E-state index contributed by atoms with van der Waals surface area (Å²) >= 11 is 0. The molecule has 146 valence electrons. The number of hydrogen-bond acceptors (Lipinski definition) is 6. The van der Waals surface area contributed by atoms with Crippen molar-refractivity contribution >= 4 is 21.4 Å². The number of nitrogens with one attached hydrogen (secondary N) is 2. The Morgan fingerprint density at radius 1 is 1.18 bits per heavy atom. The molecule has 0 aliphatic heterocycles. The summed E-state index contributed by atoms with van der Waals surface area (Å²) in [6.07, 6.45) is 3.42. The first-order chi connectivity index (χ1) is 13.3. The summed E-state index contributed by atoms with van der Waals surface area (Å²) in [5, 5.41) is 14.7. The molecule has 2 aromatic carbocycles. The third-order valence-electron chi connectivity index (χ3n) is 4.29. The van der Waals surface area contributed by atoms with Crippen LogP contribution in [0.3, 0.4) is 0 Å². The number of anilines is 1. The second-order valence-corrected chi connectivity index (χ2v) is 7.91. The average molecular weight is 401 g/mol. The zero-order chi connectivity index (χ0) is 20.3. The fraction of sp³-hybridized carbons (Fsp3) is 0.167. The molecule has 0 spiro atoms. The van der Waals surface area contributed by atoms with Gasteiger partial charge in [-0.05, 0) is 24.7 Å². The van der Waals surface area contributed by atoms with Gasteiger partial charge in [-0.15, -0.1) is 0 Å². The Labute approximate surface area is 162 Å². The van der Waals surface area contributed by atoms with Gasteiger partial charge in [-0.2, -0.15) is 0 Å². The van der Waals surface area contributed by atoms with Crippen molar-refractivity contribution in [1.29, 1.82) is 0 Å². The van der Waals surface area contributed by atoms with E-state index in [0.717, 1.165) is 11.6 Å². The average Bonchev–Trinajstić information content (AvgIpc) is 3.12. The lowest BCUT2D eigenvalue weighted by Crippen LogP contribution is -2.20. The molecule has 1 atom stereocenters. The molecule has 0 fully saturated rings. The molecule has 9 nitrogen and oxygen atoms in total. The predicted molar refractivity (Wildman–Crippen MR) is 104 cm³/mol. The van der Waals surface area contributed by atoms with E-state index in [-0.39, 0.29) is 16.3 Å². The molecule has 28 heavy (non-hydrogen) atoms. The molecular formula is C18H19N5O4S. The molecule has 0 aliphatic rings. The second-order valence-electron chi connectivity index (χ2n) is 6.03. The summed E-state index contributed by atoms with van der Waals surface area (Å²) in [5.74, 6) is 0.660. The first-order valence-electron chi connectivity index (χ1n) is 8.34. The maximum absolute atomic E-state index is 12.0. The van der Waals surface area contributed by atoms with Crippen LogP contribution in [0.15, 0.2) is 65.8 Å². The summed E-state index contributed by atoms with van der Waals surface area (Å²) in [7, 11) is -0.720. The van der Waals surface area contributed by atoms with E-state index in [4.69, 9.17) is 0 Å². The van der Waals surface area contributed by atoms with Gasteiger partial charge < -0.3 is 9.88 Å². The molecule has 0 saturated carbocycles. The van der Waals surface area contributed by atoms with Gasteiger partial charge >= 0.3 is 0 Å². The van der Waals surface area contributed by atoms with Crippen molar-refractivity contribution in [2.24, 2.45) is 7.05 Å². The summed E-state index contributed by atoms with van der Waals surface area (Å²) < 4.78 is 28.0. The van der Waals surface area contributed by atoms with Crippen molar-refractivity contribution < 1.29 is 13.3 Å². The van der Waals surface area contributed by atoms with Gasteiger partial charge in [-0.3, -0.25) is 10.1 Å². The Morgan fingerprint density at radius 2 is 1.89 bits per heavy atom. The number of sulfonamides is 1. The largest absolute Gasteiger partial charge is 0.366 e. The van der Waals surface area contributed by atoms with Crippen LogP contribution >= 0.6 is 0 Å². The Balaban J connectivity index is 2.08. The first kappa shape index (κ1) is 19.5. The highest BCUT2D eigenvalue weighted by molar-refractivity contribution is 7.89. The van der Waals surface area contributed by atoms with Crippen LogP contribution in [0, 0.1) is 10.1 Å². The number of nitro benzene ring substituents is 1. The van der Waals surface area contributed by atoms with Crippen LogP contribution in [0.2, 0.25) is 0 Å². The Hall–Kier alpha value is -3.24. The maximum atomic E-state index is 12.0. The van der Waals surface area contributed by atoms with Crippen molar-refractivity contribution in [1.82, 2.24) is 14.3 Å². The lowest BCUT2D eigenvalue weighted by atomic mass is 10.1. The topological polar surface area (TPSA) is 119 Å². The SMILES string of the molecule is CNS(=O)(=O)c1ccc(N[C@@H](c2ccccc2)c2nccn2C)c([N+](=O)[O-])c1. The van der Waals surface area contributed by atoms with Crippen molar-refractivity contribution in [3.8, 4) is 0 Å². The summed E-state index contributed by atoms with van der Waals surface area (Å²) in [6, 6.07) is 12.7. The van der Waals surface area contributed by atoms with Crippen molar-refractivity contribution in [2.45, 2.75) is 10.9 Å². The minimum atomic E-state index is -3.80. The van der Waals surface area contributed by atoms with Gasteiger partial charge in [0.25, 0.3) is 5.69 Å². The van der Waals surface area contributed by atoms with E-state index in [1.165, 1.54) is 19.2 Å². The van der Waals surface area contributed by atoms with Crippen molar-refractivity contribution in [2.75, 3.05) is 12.4 Å². The Bertz CT molecular complexity index is 1100. The molecule has 0 radical (unpaired) electrons.